The largest absolute Gasteiger partial charge is 0.488 e. The Balaban J connectivity index is 1.40. The molecule has 0 aliphatic carbocycles. The molecule has 3 aromatic rings. The molecule has 0 radical (unpaired) electrons. The molecule has 2 fully saturated rings. The summed E-state index contributed by atoms with van der Waals surface area (Å²) in [6.07, 6.45) is 3.91. The van der Waals surface area contributed by atoms with Gasteiger partial charge in [0.05, 0.1) is 25.7 Å². The fraction of sp³-hybridized carbons (Fsp3) is 0.320. The van der Waals surface area contributed by atoms with Gasteiger partial charge in [-0.15, -0.1) is 0 Å². The number of ether oxygens (including phenoxy) is 3. The number of furan rings is 1. The van der Waals surface area contributed by atoms with E-state index in [-0.39, 0.29) is 35.6 Å². The monoisotopic (exact) mass is 497 g/mol. The number of methoxy groups -OCH3 is 1. The Morgan fingerprint density at radius 3 is 2.86 bits per heavy atom. The minimum atomic E-state index is -0.350. The molecule has 2 amide bonds. The van der Waals surface area contributed by atoms with Gasteiger partial charge >= 0.3 is 6.09 Å². The lowest BCUT2D eigenvalue weighted by Gasteiger charge is -2.32. The summed E-state index contributed by atoms with van der Waals surface area (Å²) in [6, 6.07) is 10.6. The van der Waals surface area contributed by atoms with Gasteiger partial charge in [0.15, 0.2) is 0 Å². The lowest BCUT2D eigenvalue weighted by atomic mass is 10.0. The smallest absolute Gasteiger partial charge is 0.410 e. The van der Waals surface area contributed by atoms with Crippen LogP contribution in [0.1, 0.15) is 28.8 Å². The molecule has 2 aliphatic rings. The number of pyridine rings is 1. The number of nitrogens with one attached hydrogen (secondary N) is 1. The third-order valence-electron chi connectivity index (χ3n) is 6.15. The summed E-state index contributed by atoms with van der Waals surface area (Å²) < 4.78 is 22.2. The molecular weight excluding hydrogens is 474 g/mol. The van der Waals surface area contributed by atoms with Crippen molar-refractivity contribution in [3.8, 4) is 22.9 Å². The van der Waals surface area contributed by atoms with Gasteiger partial charge in [-0.05, 0) is 23.8 Å². The normalized spacial score (nSPS) is 19.1. The van der Waals surface area contributed by atoms with Crippen LogP contribution >= 0.6 is 11.6 Å². The first kappa shape index (κ1) is 23.0. The van der Waals surface area contributed by atoms with Crippen LogP contribution in [-0.4, -0.2) is 54.3 Å². The van der Waals surface area contributed by atoms with Crippen LogP contribution < -0.4 is 14.8 Å². The maximum Gasteiger partial charge on any atom is 0.410 e. The zero-order valence-electron chi connectivity index (χ0n) is 19.0. The summed E-state index contributed by atoms with van der Waals surface area (Å²) in [5.74, 6) is 0.261. The van der Waals surface area contributed by atoms with Crippen molar-refractivity contribution in [1.29, 1.82) is 0 Å². The second kappa shape index (κ2) is 9.87. The van der Waals surface area contributed by atoms with Crippen LogP contribution in [-0.2, 0) is 11.3 Å². The molecule has 1 aromatic carbocycles. The molecule has 182 valence electrons. The zero-order valence-corrected chi connectivity index (χ0v) is 19.8. The summed E-state index contributed by atoms with van der Waals surface area (Å²) in [5.41, 5.74) is 2.36. The maximum atomic E-state index is 13.1. The van der Waals surface area contributed by atoms with E-state index in [9.17, 15) is 9.59 Å². The average molecular weight is 498 g/mol. The quantitative estimate of drug-likeness (QED) is 0.519. The highest BCUT2D eigenvalue weighted by molar-refractivity contribution is 6.30. The van der Waals surface area contributed by atoms with Gasteiger partial charge in [-0.25, -0.2) is 9.78 Å². The number of hydrogen-bond acceptors (Lipinski definition) is 7. The number of carbonyl (C=O) groups is 2. The van der Waals surface area contributed by atoms with Crippen LogP contribution in [0.2, 0.25) is 5.02 Å². The van der Waals surface area contributed by atoms with E-state index in [0.29, 0.717) is 54.6 Å². The second-order valence-electron chi connectivity index (χ2n) is 8.40. The number of piperidine rings is 1. The maximum absolute atomic E-state index is 13.1. The number of halogens is 1. The molecule has 0 unspecified atom stereocenters. The van der Waals surface area contributed by atoms with Crippen LogP contribution in [0, 0.1) is 0 Å². The predicted molar refractivity (Wildman–Crippen MR) is 127 cm³/mol. The van der Waals surface area contributed by atoms with E-state index in [2.05, 4.69) is 10.3 Å². The van der Waals surface area contributed by atoms with Gasteiger partial charge in [0.2, 0.25) is 5.88 Å². The molecule has 2 atom stereocenters. The van der Waals surface area contributed by atoms with Crippen molar-refractivity contribution in [3.63, 3.8) is 0 Å². The number of cyclic esters (lactones) is 1. The number of hydrogen-bond donors (Lipinski definition) is 1. The van der Waals surface area contributed by atoms with E-state index in [0.717, 1.165) is 5.56 Å². The first-order valence-electron chi connectivity index (χ1n) is 11.3. The number of nitrogens with zero attached hydrogens (tertiary/aromatic N) is 2. The molecule has 2 aliphatic heterocycles. The van der Waals surface area contributed by atoms with Gasteiger partial charge < -0.3 is 28.8 Å². The number of fused-ring (bicyclic) bond motifs is 1. The summed E-state index contributed by atoms with van der Waals surface area (Å²) in [5, 5.41) is 3.52. The van der Waals surface area contributed by atoms with E-state index < -0.39 is 0 Å². The lowest BCUT2D eigenvalue weighted by Crippen LogP contribution is -2.44. The summed E-state index contributed by atoms with van der Waals surface area (Å²) in [6.45, 7) is 1.22. The summed E-state index contributed by atoms with van der Waals surface area (Å²) >= 11 is 5.94. The van der Waals surface area contributed by atoms with E-state index in [1.807, 2.05) is 12.1 Å². The van der Waals surface area contributed by atoms with E-state index >= 15 is 0 Å². The topological polar surface area (TPSA) is 103 Å². The van der Waals surface area contributed by atoms with Crippen molar-refractivity contribution in [2.75, 3.05) is 20.3 Å². The molecule has 10 heteroatoms. The Hall–Kier alpha value is -3.72. The molecule has 1 N–H and O–H groups in total. The van der Waals surface area contributed by atoms with Crippen molar-refractivity contribution in [2.24, 2.45) is 0 Å². The average Bonchev–Trinajstić information content (AvgIpc) is 3.53. The first-order chi connectivity index (χ1) is 17.0. The number of amides is 2. The SMILES string of the molecule is COc1nc(-c2ccoc2)c(O[C@H]2CCN3C(=O)OC[C@@H]3C2)cc1C(=O)NCc1ccc(Cl)cc1. The van der Waals surface area contributed by atoms with E-state index in [1.165, 1.54) is 7.11 Å². The molecule has 0 saturated carbocycles. The Kier molecular flexibility index (Phi) is 6.50. The van der Waals surface area contributed by atoms with Crippen LogP contribution in [0.3, 0.4) is 0 Å². The fourth-order valence-electron chi connectivity index (χ4n) is 4.32. The molecule has 4 heterocycles. The highest BCUT2D eigenvalue weighted by atomic mass is 35.5. The molecule has 9 nitrogen and oxygen atoms in total. The van der Waals surface area contributed by atoms with E-state index in [4.69, 9.17) is 30.2 Å². The van der Waals surface area contributed by atoms with Gasteiger partial charge in [-0.2, -0.15) is 0 Å². The molecule has 0 spiro atoms. The van der Waals surface area contributed by atoms with Gasteiger partial charge in [0.25, 0.3) is 5.91 Å². The second-order valence-corrected chi connectivity index (χ2v) is 8.84. The van der Waals surface area contributed by atoms with Crippen LogP contribution in [0.5, 0.6) is 11.6 Å². The Bertz CT molecular complexity index is 1210. The van der Waals surface area contributed by atoms with Crippen LogP contribution in [0.4, 0.5) is 4.79 Å². The Morgan fingerprint density at radius 2 is 2.11 bits per heavy atom. The molecule has 35 heavy (non-hydrogen) atoms. The number of rotatable bonds is 7. The minimum Gasteiger partial charge on any atom is -0.488 e. The fourth-order valence-corrected chi connectivity index (χ4v) is 4.45. The highest BCUT2D eigenvalue weighted by Gasteiger charge is 2.39. The molecule has 2 saturated heterocycles. The molecule has 5 rings (SSSR count). The van der Waals surface area contributed by atoms with E-state index in [1.54, 1.807) is 41.7 Å². The number of benzene rings is 1. The van der Waals surface area contributed by atoms with Crippen molar-refractivity contribution >= 4 is 23.6 Å². The highest BCUT2D eigenvalue weighted by Crippen LogP contribution is 2.36. The van der Waals surface area contributed by atoms with Crippen molar-refractivity contribution < 1.29 is 28.2 Å². The molecular formula is C25H24ClN3O6. The van der Waals surface area contributed by atoms with Gasteiger partial charge in [0.1, 0.15) is 29.7 Å². The van der Waals surface area contributed by atoms with Crippen LogP contribution in [0.25, 0.3) is 11.3 Å². The van der Waals surface area contributed by atoms with Crippen molar-refractivity contribution in [3.05, 3.63) is 65.1 Å². The summed E-state index contributed by atoms with van der Waals surface area (Å²) in [4.78, 5) is 31.3. The minimum absolute atomic E-state index is 0.0213. The first-order valence-corrected chi connectivity index (χ1v) is 11.6. The van der Waals surface area contributed by atoms with Gasteiger partial charge in [0, 0.05) is 42.6 Å². The number of aromatic nitrogens is 1. The Morgan fingerprint density at radius 1 is 1.29 bits per heavy atom. The van der Waals surface area contributed by atoms with Crippen molar-refractivity contribution in [1.82, 2.24) is 15.2 Å². The number of carbonyl (C=O) groups excluding carboxylic acids is 2. The third-order valence-corrected chi connectivity index (χ3v) is 6.40. The standard InChI is InChI=1S/C25H24ClN3O6/c1-32-24-20(23(30)27-12-15-2-4-17(26)5-3-15)11-21(22(28-24)16-7-9-33-13-16)35-19-6-8-29-18(10-19)14-34-25(29)31/h2-5,7,9,11,13,18-19H,6,8,10,12,14H2,1H3,(H,27,30)/t18-,19-/m0/s1. The molecule has 2 aromatic heterocycles. The van der Waals surface area contributed by atoms with Crippen LogP contribution in [0.15, 0.2) is 53.3 Å². The predicted octanol–water partition coefficient (Wildman–Crippen LogP) is 4.30. The summed E-state index contributed by atoms with van der Waals surface area (Å²) in [7, 11) is 1.46. The molecule has 0 bridgehead atoms. The Labute approximate surface area is 206 Å². The lowest BCUT2D eigenvalue weighted by molar-refractivity contribution is 0.0913. The van der Waals surface area contributed by atoms with Gasteiger partial charge in [-0.1, -0.05) is 23.7 Å². The third kappa shape index (κ3) is 4.90. The zero-order chi connectivity index (χ0) is 24.4. The van der Waals surface area contributed by atoms with Crippen molar-refractivity contribution in [2.45, 2.75) is 31.5 Å². The van der Waals surface area contributed by atoms with Gasteiger partial charge in [-0.3, -0.25) is 4.79 Å².